The minimum Gasteiger partial charge on any atom is -0.495 e. The average Bonchev–Trinajstić information content (AvgIpc) is 3.53. The number of rotatable bonds is 13. The number of benzene rings is 2. The van der Waals surface area contributed by atoms with Gasteiger partial charge >= 0.3 is 0 Å². The van der Waals surface area contributed by atoms with Crippen LogP contribution in [0.4, 0.5) is 15.8 Å². The first-order valence-corrected chi connectivity index (χ1v) is 20.0. The lowest BCUT2D eigenvalue weighted by atomic mass is 9.78. The van der Waals surface area contributed by atoms with Crippen LogP contribution in [-0.2, 0) is 14.3 Å². The monoisotopic (exact) mass is 801 g/mol. The molecule has 3 N–H and O–H groups in total. The summed E-state index contributed by atoms with van der Waals surface area (Å²) in [6.45, 7) is 15.9. The van der Waals surface area contributed by atoms with E-state index in [1.54, 1.807) is 41.3 Å². The summed E-state index contributed by atoms with van der Waals surface area (Å²) in [7, 11) is 1.46. The molecular formula is C42H58Cl2FN5O5. The van der Waals surface area contributed by atoms with Crippen molar-refractivity contribution in [2.75, 3.05) is 37.1 Å². The molecule has 3 aromatic rings. The van der Waals surface area contributed by atoms with Crippen LogP contribution in [0.5, 0.6) is 5.75 Å². The number of ether oxygens (including phenoxy) is 2. The third-order valence-electron chi connectivity index (χ3n) is 9.91. The standard InChI is InChI=1S/C38H46Cl2FN5O5.2C2H6/c1-38(2,3)20-30-34(37(49)44-25-12-15-43-32(40)19-25)27(26-6-5-7-28(39)35(26)41)21-45(30)33(11-8-23-13-16-51-17-14-23)46(22-47)29-10-9-24(36(42)48)18-31(29)50-4;2*1-2/h5-7,9-10,12,15,18-19,22-23,27,30,33-34H,8,11,13-14,16-17,20-21H2,1-4H3,(H2,42,48)(H,43,44,49);2*1-2H3. The number of hydrogen-bond donors (Lipinski definition) is 2. The summed E-state index contributed by atoms with van der Waals surface area (Å²) in [6.07, 6.45) is 5.34. The third kappa shape index (κ3) is 11.9. The van der Waals surface area contributed by atoms with Crippen molar-refractivity contribution in [3.05, 3.63) is 81.8 Å². The topological polar surface area (TPSA) is 127 Å². The van der Waals surface area contributed by atoms with Crippen molar-refractivity contribution in [1.82, 2.24) is 9.88 Å². The first-order valence-electron chi connectivity index (χ1n) is 19.2. The summed E-state index contributed by atoms with van der Waals surface area (Å²) in [5.41, 5.74) is 6.75. The Bertz CT molecular complexity index is 1720. The lowest BCUT2D eigenvalue weighted by molar-refractivity contribution is -0.121. The molecule has 3 amide bonds. The van der Waals surface area contributed by atoms with Gasteiger partial charge in [-0.2, -0.15) is 0 Å². The van der Waals surface area contributed by atoms with Gasteiger partial charge in [0.1, 0.15) is 16.7 Å². The highest BCUT2D eigenvalue weighted by Crippen LogP contribution is 2.47. The number of nitrogens with two attached hydrogens (primary N) is 1. The second-order valence-corrected chi connectivity index (χ2v) is 15.3. The summed E-state index contributed by atoms with van der Waals surface area (Å²) in [5, 5.41) is 3.20. The van der Waals surface area contributed by atoms with Crippen molar-refractivity contribution < 1.29 is 28.2 Å². The molecule has 4 unspecified atom stereocenters. The number of nitrogens with zero attached hydrogens (tertiary/aromatic N) is 3. The molecule has 0 radical (unpaired) electrons. The number of anilines is 2. The van der Waals surface area contributed by atoms with Crippen molar-refractivity contribution in [3.8, 4) is 5.75 Å². The van der Waals surface area contributed by atoms with E-state index >= 15 is 4.39 Å². The van der Waals surface area contributed by atoms with Crippen molar-refractivity contribution in [1.29, 1.82) is 0 Å². The number of carbonyl (C=O) groups is 3. The van der Waals surface area contributed by atoms with Gasteiger partial charge in [-0.05, 0) is 85.4 Å². The lowest BCUT2D eigenvalue weighted by Gasteiger charge is -2.42. The van der Waals surface area contributed by atoms with E-state index < -0.39 is 35.8 Å². The minimum absolute atomic E-state index is 0.0387. The molecule has 1 aromatic heterocycles. The van der Waals surface area contributed by atoms with E-state index in [0.717, 1.165) is 25.7 Å². The summed E-state index contributed by atoms with van der Waals surface area (Å²) in [4.78, 5) is 47.8. The van der Waals surface area contributed by atoms with Crippen LogP contribution in [0.3, 0.4) is 0 Å². The fraction of sp³-hybridized carbons (Fsp3) is 0.524. The Hall–Kier alpha value is -3.77. The van der Waals surface area contributed by atoms with E-state index in [4.69, 9.17) is 38.4 Å². The predicted octanol–water partition coefficient (Wildman–Crippen LogP) is 9.34. The van der Waals surface area contributed by atoms with Gasteiger partial charge in [0, 0.05) is 49.2 Å². The van der Waals surface area contributed by atoms with Gasteiger partial charge in [0.05, 0.1) is 29.9 Å². The molecule has 0 saturated carbocycles. The fourth-order valence-corrected chi connectivity index (χ4v) is 7.90. The van der Waals surface area contributed by atoms with Gasteiger partial charge < -0.3 is 20.5 Å². The largest absolute Gasteiger partial charge is 0.495 e. The van der Waals surface area contributed by atoms with Crippen molar-refractivity contribution in [2.45, 2.75) is 98.7 Å². The average molecular weight is 803 g/mol. The van der Waals surface area contributed by atoms with Crippen LogP contribution in [0.15, 0.2) is 54.7 Å². The minimum atomic E-state index is -0.762. The maximum Gasteiger partial charge on any atom is 0.248 e. The van der Waals surface area contributed by atoms with E-state index in [2.05, 4.69) is 36.0 Å². The van der Waals surface area contributed by atoms with E-state index in [-0.39, 0.29) is 33.6 Å². The summed E-state index contributed by atoms with van der Waals surface area (Å²) in [5.74, 6) is -2.26. The van der Waals surface area contributed by atoms with Gasteiger partial charge in [-0.3, -0.25) is 24.2 Å². The summed E-state index contributed by atoms with van der Waals surface area (Å²) in [6, 6.07) is 12.3. The zero-order chi connectivity index (χ0) is 40.9. The molecule has 302 valence electrons. The molecular weight excluding hydrogens is 744 g/mol. The molecule has 4 atom stereocenters. The van der Waals surface area contributed by atoms with Crippen LogP contribution in [-0.4, -0.2) is 67.2 Å². The Labute approximate surface area is 336 Å². The van der Waals surface area contributed by atoms with Gasteiger partial charge in [-0.15, -0.1) is 0 Å². The van der Waals surface area contributed by atoms with Crippen LogP contribution in [0.25, 0.3) is 0 Å². The first-order chi connectivity index (χ1) is 26.3. The summed E-state index contributed by atoms with van der Waals surface area (Å²) < 4.78 is 27.3. The lowest BCUT2D eigenvalue weighted by Crippen LogP contribution is -2.53. The predicted molar refractivity (Wildman–Crippen MR) is 219 cm³/mol. The van der Waals surface area contributed by atoms with Crippen LogP contribution >= 0.6 is 23.2 Å². The number of hydrogen-bond acceptors (Lipinski definition) is 7. The molecule has 0 bridgehead atoms. The zero-order valence-electron chi connectivity index (χ0n) is 33.4. The molecule has 0 spiro atoms. The molecule has 10 nitrogen and oxygen atoms in total. The highest BCUT2D eigenvalue weighted by Gasteiger charge is 2.51. The SMILES string of the molecule is CC.CC.COc1cc(C(N)=O)ccc1N(C=O)C(CCC1CCOCC1)N1CC(c2cccc(Cl)c2F)C(C(=O)Nc2ccnc(Cl)c2)C1CC(C)(C)C. The second kappa shape index (κ2) is 21.5. The molecule has 2 aliphatic rings. The number of carbonyl (C=O) groups excluding carboxylic acids is 3. The maximum absolute atomic E-state index is 16.0. The normalized spacial score (nSPS) is 19.2. The van der Waals surface area contributed by atoms with Crippen LogP contribution in [0, 0.1) is 23.1 Å². The van der Waals surface area contributed by atoms with Gasteiger partial charge in [-0.1, -0.05) is 83.8 Å². The van der Waals surface area contributed by atoms with Gasteiger partial charge in [0.2, 0.25) is 18.2 Å². The second-order valence-electron chi connectivity index (χ2n) is 14.5. The maximum atomic E-state index is 16.0. The van der Waals surface area contributed by atoms with Crippen LogP contribution < -0.4 is 20.7 Å². The van der Waals surface area contributed by atoms with Gasteiger partial charge in [0.15, 0.2) is 0 Å². The van der Waals surface area contributed by atoms with E-state index in [1.807, 2.05) is 27.7 Å². The number of pyridine rings is 1. The quantitative estimate of drug-likeness (QED) is 0.130. The highest BCUT2D eigenvalue weighted by molar-refractivity contribution is 6.30. The smallest absolute Gasteiger partial charge is 0.248 e. The first kappa shape index (κ1) is 45.6. The Kier molecular flexibility index (Phi) is 17.8. The molecule has 13 heteroatoms. The highest BCUT2D eigenvalue weighted by atomic mass is 35.5. The molecule has 3 heterocycles. The van der Waals surface area contributed by atoms with Crippen LogP contribution in [0.2, 0.25) is 10.2 Å². The zero-order valence-corrected chi connectivity index (χ0v) is 34.9. The number of nitrogens with one attached hydrogen (secondary N) is 1. The number of amides is 3. The molecule has 2 aliphatic heterocycles. The Morgan fingerprint density at radius 1 is 1.11 bits per heavy atom. The van der Waals surface area contributed by atoms with Crippen molar-refractivity contribution in [3.63, 3.8) is 0 Å². The van der Waals surface area contributed by atoms with Crippen molar-refractivity contribution in [2.24, 2.45) is 23.0 Å². The molecule has 2 aromatic carbocycles. The molecule has 0 aliphatic carbocycles. The van der Waals surface area contributed by atoms with Crippen LogP contribution in [0.1, 0.15) is 102 Å². The number of halogens is 3. The molecule has 55 heavy (non-hydrogen) atoms. The molecule has 5 rings (SSSR count). The Morgan fingerprint density at radius 2 is 1.80 bits per heavy atom. The fourth-order valence-electron chi connectivity index (χ4n) is 7.54. The van der Waals surface area contributed by atoms with Gasteiger partial charge in [0.25, 0.3) is 0 Å². The molecule has 2 saturated heterocycles. The van der Waals surface area contributed by atoms with E-state index in [1.165, 1.54) is 25.4 Å². The van der Waals surface area contributed by atoms with Gasteiger partial charge in [-0.25, -0.2) is 9.37 Å². The Morgan fingerprint density at radius 3 is 2.40 bits per heavy atom. The number of primary amides is 1. The summed E-state index contributed by atoms with van der Waals surface area (Å²) >= 11 is 12.5. The number of likely N-dealkylation sites (tertiary alicyclic amines) is 1. The number of aromatic nitrogens is 1. The third-order valence-corrected chi connectivity index (χ3v) is 10.4. The van der Waals surface area contributed by atoms with E-state index in [0.29, 0.717) is 54.7 Å². The Balaban J connectivity index is 0.00000196. The molecule has 2 fully saturated rings. The van der Waals surface area contributed by atoms with Crippen molar-refractivity contribution >= 4 is 52.8 Å². The van der Waals surface area contributed by atoms with E-state index in [9.17, 15) is 14.4 Å². The number of methoxy groups -OCH3 is 1.